The van der Waals surface area contributed by atoms with Gasteiger partial charge in [-0.2, -0.15) is 0 Å². The molecule has 31 heavy (non-hydrogen) atoms. The normalized spacial score (nSPS) is 14.3. The molecule has 0 atom stereocenters. The van der Waals surface area contributed by atoms with Crippen LogP contribution in [0.4, 0.5) is 20.3 Å². The van der Waals surface area contributed by atoms with Gasteiger partial charge in [-0.05, 0) is 48.5 Å². The summed E-state index contributed by atoms with van der Waals surface area (Å²) in [6.45, 7) is 2.55. The van der Waals surface area contributed by atoms with Crippen LogP contribution in [-0.2, 0) is 0 Å². The third kappa shape index (κ3) is 3.91. The Morgan fingerprint density at radius 3 is 2.23 bits per heavy atom. The SMILES string of the molecule is Fc1ccc(N2CCN(c3nc(-c4ccc(Cl)cc4)nc4ccccc34)CC2)c(F)c1. The van der Waals surface area contributed by atoms with Crippen LogP contribution >= 0.6 is 11.6 Å². The highest BCUT2D eigenvalue weighted by Crippen LogP contribution is 2.30. The van der Waals surface area contributed by atoms with E-state index in [1.807, 2.05) is 53.4 Å². The Kier molecular flexibility index (Phi) is 5.16. The molecule has 0 bridgehead atoms. The van der Waals surface area contributed by atoms with E-state index in [9.17, 15) is 8.78 Å². The monoisotopic (exact) mass is 436 g/mol. The van der Waals surface area contributed by atoms with Crippen molar-refractivity contribution in [1.29, 1.82) is 0 Å². The van der Waals surface area contributed by atoms with Gasteiger partial charge in [0.2, 0.25) is 0 Å². The van der Waals surface area contributed by atoms with E-state index in [1.165, 1.54) is 12.1 Å². The second kappa shape index (κ2) is 8.12. The number of fused-ring (bicyclic) bond motifs is 1. The van der Waals surface area contributed by atoms with Crippen molar-refractivity contribution in [3.8, 4) is 11.4 Å². The predicted octanol–water partition coefficient (Wildman–Crippen LogP) is 5.56. The number of aromatic nitrogens is 2. The van der Waals surface area contributed by atoms with Gasteiger partial charge in [-0.1, -0.05) is 23.7 Å². The lowest BCUT2D eigenvalue weighted by molar-refractivity contribution is 0.570. The van der Waals surface area contributed by atoms with Crippen LogP contribution in [0, 0.1) is 11.6 Å². The van der Waals surface area contributed by atoms with Crippen molar-refractivity contribution in [3.63, 3.8) is 0 Å². The number of hydrogen-bond donors (Lipinski definition) is 0. The third-order valence-electron chi connectivity index (χ3n) is 5.52. The molecule has 3 aromatic carbocycles. The highest BCUT2D eigenvalue weighted by Gasteiger charge is 2.23. The number of anilines is 2. The van der Waals surface area contributed by atoms with E-state index >= 15 is 0 Å². The third-order valence-corrected chi connectivity index (χ3v) is 5.77. The first-order valence-corrected chi connectivity index (χ1v) is 10.4. The summed E-state index contributed by atoms with van der Waals surface area (Å²) in [6, 6.07) is 19.1. The van der Waals surface area contributed by atoms with Crippen molar-refractivity contribution in [2.75, 3.05) is 36.0 Å². The molecule has 1 aliphatic heterocycles. The van der Waals surface area contributed by atoms with Crippen molar-refractivity contribution < 1.29 is 8.78 Å². The van der Waals surface area contributed by atoms with E-state index in [0.717, 1.165) is 28.4 Å². The van der Waals surface area contributed by atoms with Crippen LogP contribution < -0.4 is 9.80 Å². The van der Waals surface area contributed by atoms with Crippen LogP contribution in [0.5, 0.6) is 0 Å². The van der Waals surface area contributed by atoms with Gasteiger partial charge >= 0.3 is 0 Å². The van der Waals surface area contributed by atoms with Gasteiger partial charge < -0.3 is 9.80 Å². The molecule has 0 unspecified atom stereocenters. The zero-order valence-corrected chi connectivity index (χ0v) is 17.4. The smallest absolute Gasteiger partial charge is 0.162 e. The molecule has 5 rings (SSSR count). The summed E-state index contributed by atoms with van der Waals surface area (Å²) < 4.78 is 27.5. The van der Waals surface area contributed by atoms with E-state index in [1.54, 1.807) is 0 Å². The number of halogens is 3. The quantitative estimate of drug-likeness (QED) is 0.421. The van der Waals surface area contributed by atoms with Crippen molar-refractivity contribution >= 4 is 34.0 Å². The Hall–Kier alpha value is -3.25. The fraction of sp³-hybridized carbons (Fsp3) is 0.167. The van der Waals surface area contributed by atoms with Gasteiger partial charge in [0, 0.05) is 48.2 Å². The fourth-order valence-corrected chi connectivity index (χ4v) is 4.05. The number of benzene rings is 3. The second-order valence-electron chi connectivity index (χ2n) is 7.46. The summed E-state index contributed by atoms with van der Waals surface area (Å²) in [4.78, 5) is 13.8. The molecule has 7 heteroatoms. The average molecular weight is 437 g/mol. The summed E-state index contributed by atoms with van der Waals surface area (Å²) in [5.74, 6) is 0.389. The first-order valence-electron chi connectivity index (χ1n) is 10.1. The van der Waals surface area contributed by atoms with E-state index in [0.29, 0.717) is 42.7 Å². The lowest BCUT2D eigenvalue weighted by atomic mass is 10.1. The van der Waals surface area contributed by atoms with E-state index < -0.39 is 11.6 Å². The van der Waals surface area contributed by atoms with Crippen LogP contribution in [0.2, 0.25) is 5.02 Å². The Bertz CT molecular complexity index is 1240. The summed E-state index contributed by atoms with van der Waals surface area (Å²) in [5.41, 5.74) is 2.18. The number of para-hydroxylation sites is 1. The number of hydrogen-bond acceptors (Lipinski definition) is 4. The van der Waals surface area contributed by atoms with Crippen LogP contribution in [-0.4, -0.2) is 36.1 Å². The van der Waals surface area contributed by atoms with Crippen molar-refractivity contribution in [1.82, 2.24) is 9.97 Å². The van der Waals surface area contributed by atoms with E-state index in [2.05, 4.69) is 4.90 Å². The van der Waals surface area contributed by atoms with E-state index in [-0.39, 0.29) is 0 Å². The van der Waals surface area contributed by atoms with Crippen LogP contribution in [0.1, 0.15) is 0 Å². The molecule has 0 N–H and O–H groups in total. The highest BCUT2D eigenvalue weighted by molar-refractivity contribution is 6.30. The summed E-state index contributed by atoms with van der Waals surface area (Å²) in [5, 5.41) is 1.63. The largest absolute Gasteiger partial charge is 0.366 e. The highest BCUT2D eigenvalue weighted by atomic mass is 35.5. The fourth-order valence-electron chi connectivity index (χ4n) is 3.93. The maximum atomic E-state index is 14.2. The van der Waals surface area contributed by atoms with Gasteiger partial charge in [0.25, 0.3) is 0 Å². The number of nitrogens with zero attached hydrogens (tertiary/aromatic N) is 4. The molecular weight excluding hydrogens is 418 g/mol. The predicted molar refractivity (Wildman–Crippen MR) is 121 cm³/mol. The molecule has 0 radical (unpaired) electrons. The maximum absolute atomic E-state index is 14.2. The minimum Gasteiger partial charge on any atom is -0.366 e. The average Bonchev–Trinajstić information content (AvgIpc) is 2.79. The molecule has 0 aliphatic carbocycles. The summed E-state index contributed by atoms with van der Waals surface area (Å²) in [7, 11) is 0. The molecule has 1 aromatic heterocycles. The molecule has 1 saturated heterocycles. The van der Waals surface area contributed by atoms with Crippen molar-refractivity contribution in [2.45, 2.75) is 0 Å². The van der Waals surface area contributed by atoms with E-state index in [4.69, 9.17) is 21.6 Å². The number of piperazine rings is 1. The molecule has 156 valence electrons. The maximum Gasteiger partial charge on any atom is 0.162 e. The summed E-state index contributed by atoms with van der Waals surface area (Å²) >= 11 is 6.03. The summed E-state index contributed by atoms with van der Waals surface area (Å²) in [6.07, 6.45) is 0. The Morgan fingerprint density at radius 1 is 0.774 bits per heavy atom. The first-order chi connectivity index (χ1) is 15.1. The molecule has 2 heterocycles. The lowest BCUT2D eigenvalue weighted by Crippen LogP contribution is -2.47. The number of rotatable bonds is 3. The molecule has 4 aromatic rings. The Balaban J connectivity index is 1.46. The minimum absolute atomic E-state index is 0.426. The molecular formula is C24H19ClF2N4. The molecule has 4 nitrogen and oxygen atoms in total. The Labute approximate surface area is 183 Å². The molecule has 0 amide bonds. The van der Waals surface area contributed by atoms with Gasteiger partial charge in [0.1, 0.15) is 17.5 Å². The zero-order valence-electron chi connectivity index (χ0n) is 16.6. The minimum atomic E-state index is -0.568. The van der Waals surface area contributed by atoms with Gasteiger partial charge in [-0.25, -0.2) is 18.7 Å². The van der Waals surface area contributed by atoms with Gasteiger partial charge in [0.15, 0.2) is 5.82 Å². The second-order valence-corrected chi connectivity index (χ2v) is 7.90. The lowest BCUT2D eigenvalue weighted by Gasteiger charge is -2.37. The standard InChI is InChI=1S/C24H19ClF2N4/c25-17-7-5-16(6-8-17)23-28-21-4-2-1-3-19(21)24(29-23)31-13-11-30(12-14-31)22-10-9-18(26)15-20(22)27/h1-10,15H,11-14H2. The zero-order chi connectivity index (χ0) is 21.4. The van der Waals surface area contributed by atoms with Crippen molar-refractivity contribution in [3.05, 3.63) is 83.4 Å². The van der Waals surface area contributed by atoms with Gasteiger partial charge in [-0.15, -0.1) is 0 Å². The molecule has 1 fully saturated rings. The Morgan fingerprint density at radius 2 is 1.48 bits per heavy atom. The molecule has 1 aliphatic rings. The van der Waals surface area contributed by atoms with Crippen molar-refractivity contribution in [2.24, 2.45) is 0 Å². The molecule has 0 saturated carbocycles. The van der Waals surface area contributed by atoms with Gasteiger partial charge in [-0.3, -0.25) is 0 Å². The van der Waals surface area contributed by atoms with Crippen LogP contribution in [0.15, 0.2) is 66.7 Å². The van der Waals surface area contributed by atoms with Crippen LogP contribution in [0.3, 0.4) is 0 Å². The first kappa shape index (κ1) is 19.7. The van der Waals surface area contributed by atoms with Crippen LogP contribution in [0.25, 0.3) is 22.3 Å². The molecule has 0 spiro atoms. The van der Waals surface area contributed by atoms with Gasteiger partial charge in [0.05, 0.1) is 11.2 Å². The topological polar surface area (TPSA) is 32.3 Å².